The number of ether oxygens (including phenoxy) is 4. The summed E-state index contributed by atoms with van der Waals surface area (Å²) >= 11 is 0. The normalized spacial score (nSPS) is 17.0. The molecule has 9 nitrogen and oxygen atoms in total. The molecule has 0 saturated heterocycles. The van der Waals surface area contributed by atoms with E-state index >= 15 is 0 Å². The first-order chi connectivity index (χ1) is 18.7. The van der Waals surface area contributed by atoms with Crippen molar-refractivity contribution in [1.29, 1.82) is 0 Å². The van der Waals surface area contributed by atoms with Crippen LogP contribution in [-0.2, 0) is 27.4 Å². The van der Waals surface area contributed by atoms with Crippen molar-refractivity contribution < 1.29 is 18.9 Å². The average molecular weight is 528 g/mol. The van der Waals surface area contributed by atoms with Crippen LogP contribution in [-0.4, -0.2) is 63.6 Å². The Hall–Kier alpha value is -2.85. The number of methoxy groups -OCH3 is 1. The van der Waals surface area contributed by atoms with Crippen molar-refractivity contribution in [2.24, 2.45) is 16.5 Å². The van der Waals surface area contributed by atoms with Crippen molar-refractivity contribution in [3.8, 4) is 5.75 Å². The molecule has 0 unspecified atom stereocenters. The highest BCUT2D eigenvalue weighted by Gasteiger charge is 2.11. The number of benzene rings is 1. The van der Waals surface area contributed by atoms with Crippen molar-refractivity contribution in [2.75, 3.05) is 53.2 Å². The largest absolute Gasteiger partial charge is 0.496 e. The summed E-state index contributed by atoms with van der Waals surface area (Å²) in [5.41, 5.74) is 13.7. The molecule has 0 bridgehead atoms. The number of aliphatic imine (C=N–C) groups is 1. The molecule has 0 saturated carbocycles. The Morgan fingerprint density at radius 3 is 2.58 bits per heavy atom. The predicted molar refractivity (Wildman–Crippen MR) is 152 cm³/mol. The van der Waals surface area contributed by atoms with Crippen molar-refractivity contribution in [2.45, 2.75) is 52.2 Å². The van der Waals surface area contributed by atoms with Gasteiger partial charge in [0.25, 0.3) is 0 Å². The molecule has 1 aliphatic heterocycles. The van der Waals surface area contributed by atoms with Crippen LogP contribution in [0.1, 0.15) is 50.2 Å². The second-order valence-electron chi connectivity index (χ2n) is 9.29. The van der Waals surface area contributed by atoms with Gasteiger partial charge in [0, 0.05) is 31.3 Å². The molecule has 0 aliphatic carbocycles. The van der Waals surface area contributed by atoms with Gasteiger partial charge in [-0.05, 0) is 35.8 Å². The van der Waals surface area contributed by atoms with Crippen LogP contribution in [0.2, 0.25) is 0 Å². The van der Waals surface area contributed by atoms with Crippen molar-refractivity contribution in [3.05, 3.63) is 52.2 Å². The van der Waals surface area contributed by atoms with Crippen LogP contribution in [0.5, 0.6) is 5.75 Å². The highest BCUT2D eigenvalue weighted by molar-refractivity contribution is 5.84. The molecular weight excluding hydrogens is 482 g/mol. The third kappa shape index (κ3) is 9.47. The minimum Gasteiger partial charge on any atom is -0.496 e. The van der Waals surface area contributed by atoms with Crippen LogP contribution in [0.25, 0.3) is 11.9 Å². The lowest BCUT2D eigenvalue weighted by Crippen LogP contribution is -2.37. The number of aromatic nitrogens is 1. The number of unbranched alkanes of at least 4 members (excludes halogenated alkanes) is 2. The van der Waals surface area contributed by atoms with Crippen LogP contribution < -0.4 is 32.1 Å². The number of nitrogens with one attached hydrogen (secondary N) is 1. The Bertz CT molecular complexity index is 1130. The van der Waals surface area contributed by atoms with Crippen LogP contribution in [0.4, 0.5) is 0 Å². The third-order valence-corrected chi connectivity index (χ3v) is 6.28. The van der Waals surface area contributed by atoms with Gasteiger partial charge < -0.3 is 40.3 Å². The zero-order chi connectivity index (χ0) is 27.0. The molecule has 210 valence electrons. The number of amidine groups is 1. The topological polar surface area (TPSA) is 118 Å². The molecule has 3 rings (SSSR count). The highest BCUT2D eigenvalue weighted by Crippen LogP contribution is 2.21. The van der Waals surface area contributed by atoms with Gasteiger partial charge in [-0.3, -0.25) is 0 Å². The molecule has 1 aromatic carbocycles. The van der Waals surface area contributed by atoms with Crippen LogP contribution in [0, 0.1) is 0 Å². The maximum absolute atomic E-state index is 6.22. The standard InChI is InChI=1S/C29H45N5O4/c1-3-4-5-13-32-29-28-24(7-6-8-27(31)33-29)11-14-34(28)21-25-10-9-23(20-26(25)35-2)22-38-19-18-37-17-16-36-15-12-30/h7,9-11,14,20,32H,3-6,8,12-13,15-19,21-22,30H2,1-2H3,(H2,31,33)/b24-7-,29-28+. The van der Waals surface area contributed by atoms with Crippen LogP contribution >= 0.6 is 0 Å². The van der Waals surface area contributed by atoms with E-state index in [0.717, 1.165) is 53.9 Å². The number of hydrogen-bond donors (Lipinski definition) is 3. The molecule has 9 heteroatoms. The summed E-state index contributed by atoms with van der Waals surface area (Å²) in [6.07, 6.45) is 9.46. The van der Waals surface area contributed by atoms with Gasteiger partial charge in [0.2, 0.25) is 0 Å². The Balaban J connectivity index is 1.67. The molecule has 5 N–H and O–H groups in total. The minimum atomic E-state index is 0.491. The Kier molecular flexibility index (Phi) is 13.2. The van der Waals surface area contributed by atoms with E-state index in [4.69, 9.17) is 35.4 Å². The van der Waals surface area contributed by atoms with Gasteiger partial charge in [0.15, 0.2) is 5.82 Å². The van der Waals surface area contributed by atoms with Crippen molar-refractivity contribution in [1.82, 2.24) is 9.88 Å². The van der Waals surface area contributed by atoms with Crippen LogP contribution in [0.3, 0.4) is 0 Å². The summed E-state index contributed by atoms with van der Waals surface area (Å²) in [7, 11) is 1.70. The molecule has 2 heterocycles. The average Bonchev–Trinajstić information content (AvgIpc) is 3.30. The van der Waals surface area contributed by atoms with E-state index in [1.165, 1.54) is 18.1 Å². The lowest BCUT2D eigenvalue weighted by atomic mass is 10.1. The molecule has 0 spiro atoms. The van der Waals surface area contributed by atoms with Gasteiger partial charge in [0.05, 0.1) is 58.6 Å². The molecule has 1 aromatic heterocycles. The number of fused-ring (bicyclic) bond motifs is 1. The molecule has 1 aliphatic rings. The Morgan fingerprint density at radius 2 is 1.82 bits per heavy atom. The van der Waals surface area contributed by atoms with Gasteiger partial charge >= 0.3 is 0 Å². The summed E-state index contributed by atoms with van der Waals surface area (Å²) in [5, 5.41) is 5.79. The molecule has 0 atom stereocenters. The first-order valence-corrected chi connectivity index (χ1v) is 13.7. The Labute approximate surface area is 226 Å². The first-order valence-electron chi connectivity index (χ1n) is 13.7. The maximum atomic E-state index is 6.22. The van der Waals surface area contributed by atoms with Crippen LogP contribution in [0.15, 0.2) is 35.5 Å². The SMILES string of the molecule is CCCCCNC1=c2/c(ccn2Cc2ccc(COCCOCCOCCN)cc2OC)=C\CC/C(N)=N\1. The van der Waals surface area contributed by atoms with Gasteiger partial charge in [-0.2, -0.15) is 0 Å². The van der Waals surface area contributed by atoms with E-state index in [0.29, 0.717) is 58.6 Å². The smallest absolute Gasteiger partial charge is 0.152 e. The van der Waals surface area contributed by atoms with E-state index in [1.54, 1.807) is 7.11 Å². The summed E-state index contributed by atoms with van der Waals surface area (Å²) in [5.74, 6) is 2.33. The van der Waals surface area contributed by atoms with Gasteiger partial charge in [-0.1, -0.05) is 38.0 Å². The fourth-order valence-electron chi connectivity index (χ4n) is 4.30. The van der Waals surface area contributed by atoms with Crippen molar-refractivity contribution in [3.63, 3.8) is 0 Å². The zero-order valence-corrected chi connectivity index (χ0v) is 23.0. The predicted octanol–water partition coefficient (Wildman–Crippen LogP) is 1.83. The van der Waals surface area contributed by atoms with Gasteiger partial charge in [-0.25, -0.2) is 4.99 Å². The van der Waals surface area contributed by atoms with E-state index < -0.39 is 0 Å². The summed E-state index contributed by atoms with van der Waals surface area (Å²) in [4.78, 5) is 4.77. The van der Waals surface area contributed by atoms with E-state index in [9.17, 15) is 0 Å². The van der Waals surface area contributed by atoms with Crippen molar-refractivity contribution >= 4 is 17.7 Å². The second-order valence-corrected chi connectivity index (χ2v) is 9.29. The van der Waals surface area contributed by atoms with E-state index in [1.807, 2.05) is 6.07 Å². The quantitative estimate of drug-likeness (QED) is 0.253. The van der Waals surface area contributed by atoms with E-state index in [-0.39, 0.29) is 0 Å². The summed E-state index contributed by atoms with van der Waals surface area (Å²) in [6.45, 7) is 7.43. The second kappa shape index (κ2) is 16.9. The number of rotatable bonds is 18. The first kappa shape index (κ1) is 29.7. The Morgan fingerprint density at radius 1 is 1.03 bits per heavy atom. The monoisotopic (exact) mass is 527 g/mol. The number of nitrogens with two attached hydrogens (primary N) is 2. The van der Waals surface area contributed by atoms with Gasteiger partial charge in [0.1, 0.15) is 11.6 Å². The minimum absolute atomic E-state index is 0.491. The van der Waals surface area contributed by atoms with Gasteiger partial charge in [-0.15, -0.1) is 0 Å². The molecule has 0 fully saturated rings. The third-order valence-electron chi connectivity index (χ3n) is 6.28. The lowest BCUT2D eigenvalue weighted by Gasteiger charge is -2.14. The fourth-order valence-corrected chi connectivity index (χ4v) is 4.30. The zero-order valence-electron chi connectivity index (χ0n) is 23.0. The molecule has 2 aromatic rings. The molecule has 38 heavy (non-hydrogen) atoms. The summed E-state index contributed by atoms with van der Waals surface area (Å²) in [6, 6.07) is 8.39. The van der Waals surface area contributed by atoms with E-state index in [2.05, 4.69) is 47.3 Å². The fraction of sp³-hybridized carbons (Fsp3) is 0.552. The molecule has 0 amide bonds. The number of hydrogen-bond acceptors (Lipinski definition) is 8. The molecular formula is C29H45N5O4. The molecule has 0 radical (unpaired) electrons. The number of nitrogens with zero attached hydrogens (tertiary/aromatic N) is 2. The lowest BCUT2D eigenvalue weighted by molar-refractivity contribution is 0.0119. The summed E-state index contributed by atoms with van der Waals surface area (Å²) < 4.78 is 24.6. The highest BCUT2D eigenvalue weighted by atomic mass is 16.5. The maximum Gasteiger partial charge on any atom is 0.152 e.